The fourth-order valence-electron chi connectivity index (χ4n) is 1.94. The second-order valence-corrected chi connectivity index (χ2v) is 5.85. The first-order valence-corrected chi connectivity index (χ1v) is 8.19. The molecule has 0 aliphatic rings. The highest BCUT2D eigenvalue weighted by atomic mass is 32.2. The Bertz CT molecular complexity index is 486. The van der Waals surface area contributed by atoms with Gasteiger partial charge in [0.05, 0.1) is 12.3 Å². The average molecular weight is 311 g/mol. The van der Waals surface area contributed by atoms with Crippen LogP contribution in [0.5, 0.6) is 0 Å². The van der Waals surface area contributed by atoms with Crippen molar-refractivity contribution in [2.45, 2.75) is 45.4 Å². The van der Waals surface area contributed by atoms with Crippen molar-refractivity contribution < 1.29 is 4.79 Å². The second kappa shape index (κ2) is 8.84. The smallest absolute Gasteiger partial charge is 0.233 e. The first-order chi connectivity index (χ1) is 10.0. The lowest BCUT2D eigenvalue weighted by atomic mass is 10.3. The molecule has 0 unspecified atom stereocenters. The van der Waals surface area contributed by atoms with Crippen LogP contribution >= 0.6 is 11.8 Å². The Hall–Kier alpha value is -1.34. The maximum atomic E-state index is 12.2. The van der Waals surface area contributed by atoms with Crippen molar-refractivity contribution in [1.82, 2.24) is 19.7 Å². The molecular weight excluding hydrogens is 286 g/mol. The molecule has 7 heteroatoms. The molecule has 0 fully saturated rings. The minimum absolute atomic E-state index is 0.0887. The van der Waals surface area contributed by atoms with Gasteiger partial charge in [0.2, 0.25) is 5.91 Å². The van der Waals surface area contributed by atoms with Crippen LogP contribution in [0, 0.1) is 0 Å². The predicted octanol–water partition coefficient (Wildman–Crippen LogP) is 1.66. The molecule has 0 aliphatic heterocycles. The molecule has 0 bridgehead atoms. The Morgan fingerprint density at radius 2 is 2.14 bits per heavy atom. The van der Waals surface area contributed by atoms with E-state index in [0.29, 0.717) is 25.4 Å². The van der Waals surface area contributed by atoms with Gasteiger partial charge in [0, 0.05) is 19.6 Å². The molecule has 1 aromatic heterocycles. The van der Waals surface area contributed by atoms with Gasteiger partial charge in [-0.3, -0.25) is 4.79 Å². The van der Waals surface area contributed by atoms with Gasteiger partial charge in [-0.1, -0.05) is 30.8 Å². The Labute approximate surface area is 130 Å². The molecule has 118 valence electrons. The summed E-state index contributed by atoms with van der Waals surface area (Å²) in [5, 5.41) is 8.97. The first-order valence-electron chi connectivity index (χ1n) is 7.20. The molecule has 0 aromatic carbocycles. The van der Waals surface area contributed by atoms with Gasteiger partial charge >= 0.3 is 0 Å². The van der Waals surface area contributed by atoms with Gasteiger partial charge in [-0.25, -0.2) is 0 Å². The molecule has 2 N–H and O–H groups in total. The van der Waals surface area contributed by atoms with Crippen molar-refractivity contribution in [3.63, 3.8) is 0 Å². The van der Waals surface area contributed by atoms with Crippen LogP contribution in [0.2, 0.25) is 0 Å². The van der Waals surface area contributed by atoms with E-state index in [-0.39, 0.29) is 5.91 Å². The maximum Gasteiger partial charge on any atom is 0.233 e. The van der Waals surface area contributed by atoms with Gasteiger partial charge in [-0.15, -0.1) is 10.2 Å². The summed E-state index contributed by atoms with van der Waals surface area (Å²) in [5.74, 6) is 1.21. The topological polar surface area (TPSA) is 77.0 Å². The highest BCUT2D eigenvalue weighted by Crippen LogP contribution is 2.18. The molecule has 6 nitrogen and oxygen atoms in total. The van der Waals surface area contributed by atoms with E-state index in [0.717, 1.165) is 29.5 Å². The molecule has 21 heavy (non-hydrogen) atoms. The van der Waals surface area contributed by atoms with Crippen LogP contribution in [0.1, 0.15) is 33.0 Å². The summed E-state index contributed by atoms with van der Waals surface area (Å²) in [7, 11) is 0. The minimum atomic E-state index is 0.0887. The number of aromatic nitrogens is 3. The lowest BCUT2D eigenvalue weighted by Gasteiger charge is -2.20. The van der Waals surface area contributed by atoms with Crippen molar-refractivity contribution in [1.29, 1.82) is 0 Å². The fraction of sp³-hybridized carbons (Fsp3) is 0.643. The summed E-state index contributed by atoms with van der Waals surface area (Å²) < 4.78 is 1.99. The van der Waals surface area contributed by atoms with Crippen LogP contribution in [0.3, 0.4) is 0 Å². The molecule has 1 amide bonds. The third-order valence-corrected chi connectivity index (χ3v) is 3.89. The highest BCUT2D eigenvalue weighted by molar-refractivity contribution is 7.99. The van der Waals surface area contributed by atoms with E-state index in [9.17, 15) is 4.79 Å². The molecule has 0 saturated carbocycles. The van der Waals surface area contributed by atoms with Gasteiger partial charge in [-0.05, 0) is 20.3 Å². The van der Waals surface area contributed by atoms with E-state index >= 15 is 0 Å². The molecule has 1 rings (SSSR count). The summed E-state index contributed by atoms with van der Waals surface area (Å²) >= 11 is 1.42. The zero-order valence-corrected chi connectivity index (χ0v) is 13.9. The van der Waals surface area contributed by atoms with Gasteiger partial charge in [0.1, 0.15) is 5.82 Å². The van der Waals surface area contributed by atoms with Gasteiger partial charge in [-0.2, -0.15) is 0 Å². The summed E-state index contributed by atoms with van der Waals surface area (Å²) in [6.07, 6.45) is 0.975. The first kappa shape index (κ1) is 17.7. The van der Waals surface area contributed by atoms with Crippen LogP contribution in [0.15, 0.2) is 17.3 Å². The van der Waals surface area contributed by atoms with Gasteiger partial charge in [0.15, 0.2) is 5.16 Å². The average Bonchev–Trinajstić information content (AvgIpc) is 2.84. The molecule has 0 saturated heterocycles. The van der Waals surface area contributed by atoms with E-state index in [1.165, 1.54) is 11.8 Å². The van der Waals surface area contributed by atoms with Crippen LogP contribution < -0.4 is 5.73 Å². The highest BCUT2D eigenvalue weighted by Gasteiger charge is 2.16. The third-order valence-electron chi connectivity index (χ3n) is 2.94. The summed E-state index contributed by atoms with van der Waals surface area (Å²) in [4.78, 5) is 14.0. The standard InChI is InChI=1S/C14H25N5OS/c1-5-7-19-12(8-15)16-17-14(19)21-10-13(20)18(6-2)9-11(3)4/h3,5-10,15H2,1-2,4H3. The van der Waals surface area contributed by atoms with Crippen LogP contribution in [-0.2, 0) is 17.9 Å². The number of thioether (sulfide) groups is 1. The number of nitrogens with zero attached hydrogens (tertiary/aromatic N) is 4. The van der Waals surface area contributed by atoms with Crippen molar-refractivity contribution in [3.8, 4) is 0 Å². The van der Waals surface area contributed by atoms with Gasteiger partial charge < -0.3 is 15.2 Å². The Kier molecular flexibility index (Phi) is 7.45. The zero-order chi connectivity index (χ0) is 15.8. The lowest BCUT2D eigenvalue weighted by Crippen LogP contribution is -2.33. The predicted molar refractivity (Wildman–Crippen MR) is 86.0 cm³/mol. The number of amides is 1. The second-order valence-electron chi connectivity index (χ2n) is 4.91. The molecule has 0 spiro atoms. The number of carbonyl (C=O) groups excluding carboxylic acids is 1. The summed E-state index contributed by atoms with van der Waals surface area (Å²) in [5.41, 5.74) is 6.64. The van der Waals surface area contributed by atoms with Crippen molar-refractivity contribution >= 4 is 17.7 Å². The van der Waals surface area contributed by atoms with E-state index in [1.807, 2.05) is 18.4 Å². The number of hydrogen-bond acceptors (Lipinski definition) is 5. The van der Waals surface area contributed by atoms with E-state index in [4.69, 9.17) is 5.73 Å². The lowest BCUT2D eigenvalue weighted by molar-refractivity contribution is -0.127. The van der Waals surface area contributed by atoms with Crippen molar-refractivity contribution in [2.75, 3.05) is 18.8 Å². The fourth-order valence-corrected chi connectivity index (χ4v) is 2.83. The Morgan fingerprint density at radius 1 is 1.43 bits per heavy atom. The number of carbonyl (C=O) groups is 1. The van der Waals surface area contributed by atoms with Crippen LogP contribution in [0.25, 0.3) is 0 Å². The quantitative estimate of drug-likeness (QED) is 0.554. The third kappa shape index (κ3) is 5.17. The zero-order valence-electron chi connectivity index (χ0n) is 13.1. The van der Waals surface area contributed by atoms with Crippen molar-refractivity contribution in [2.24, 2.45) is 5.73 Å². The largest absolute Gasteiger partial charge is 0.338 e. The van der Waals surface area contributed by atoms with E-state index < -0.39 is 0 Å². The molecule has 0 atom stereocenters. The Morgan fingerprint density at radius 3 is 2.67 bits per heavy atom. The van der Waals surface area contributed by atoms with E-state index in [1.54, 1.807) is 4.90 Å². The minimum Gasteiger partial charge on any atom is -0.338 e. The normalized spacial score (nSPS) is 10.7. The number of rotatable bonds is 9. The summed E-state index contributed by atoms with van der Waals surface area (Å²) in [6.45, 7) is 12.3. The molecule has 1 heterocycles. The Balaban J connectivity index is 2.67. The monoisotopic (exact) mass is 311 g/mol. The molecule has 0 radical (unpaired) electrons. The van der Waals surface area contributed by atoms with Crippen LogP contribution in [-0.4, -0.2) is 44.4 Å². The SMILES string of the molecule is C=C(C)CN(CC)C(=O)CSc1nnc(CN)n1CCC. The van der Waals surface area contributed by atoms with Gasteiger partial charge in [0.25, 0.3) is 0 Å². The molecular formula is C14H25N5OS. The molecule has 0 aliphatic carbocycles. The van der Waals surface area contributed by atoms with Crippen molar-refractivity contribution in [3.05, 3.63) is 18.0 Å². The van der Waals surface area contributed by atoms with Crippen LogP contribution in [0.4, 0.5) is 0 Å². The maximum absolute atomic E-state index is 12.2. The summed E-state index contributed by atoms with van der Waals surface area (Å²) in [6, 6.07) is 0. The number of likely N-dealkylation sites (N-methyl/N-ethyl adjacent to an activating group) is 1. The molecule has 1 aromatic rings. The van der Waals surface area contributed by atoms with E-state index in [2.05, 4.69) is 23.7 Å². The number of hydrogen-bond donors (Lipinski definition) is 1. The number of nitrogens with two attached hydrogens (primary N) is 1.